The first kappa shape index (κ1) is 15.3. The monoisotopic (exact) mass is 267 g/mol. The van der Waals surface area contributed by atoms with Gasteiger partial charge in [0.25, 0.3) is 0 Å². The van der Waals surface area contributed by atoms with Crippen molar-refractivity contribution in [3.63, 3.8) is 0 Å². The number of ether oxygens (including phenoxy) is 2. The zero-order valence-electron chi connectivity index (χ0n) is 11.8. The van der Waals surface area contributed by atoms with Crippen LogP contribution in [0.3, 0.4) is 0 Å². The number of carbonyl (C=O) groups is 1. The van der Waals surface area contributed by atoms with Gasteiger partial charge in [-0.05, 0) is 31.0 Å². The fourth-order valence-electron chi connectivity index (χ4n) is 1.64. The Hall–Kier alpha value is -1.75. The molecule has 0 heterocycles. The van der Waals surface area contributed by atoms with Crippen molar-refractivity contribution < 1.29 is 19.4 Å². The highest BCUT2D eigenvalue weighted by Crippen LogP contribution is 2.27. The summed E-state index contributed by atoms with van der Waals surface area (Å²) >= 11 is 0. The maximum atomic E-state index is 11.2. The van der Waals surface area contributed by atoms with E-state index in [4.69, 9.17) is 9.47 Å². The lowest BCUT2D eigenvalue weighted by atomic mass is 9.99. The minimum absolute atomic E-state index is 0.455. The van der Waals surface area contributed by atoms with E-state index in [9.17, 15) is 9.90 Å². The normalized spacial score (nSPS) is 13.7. The minimum Gasteiger partial charge on any atom is -0.493 e. The molecule has 19 heavy (non-hydrogen) atoms. The number of carboxylic acid groups (broad SMARTS) is 1. The van der Waals surface area contributed by atoms with Gasteiger partial charge in [-0.2, -0.15) is 0 Å². The maximum Gasteiger partial charge on any atom is 0.323 e. The maximum absolute atomic E-state index is 11.2. The predicted molar refractivity (Wildman–Crippen MR) is 72.7 cm³/mol. The Balaban J connectivity index is 2.81. The quantitative estimate of drug-likeness (QED) is 0.791. The van der Waals surface area contributed by atoms with Crippen molar-refractivity contribution in [2.24, 2.45) is 0 Å². The Kier molecular flexibility index (Phi) is 5.18. The van der Waals surface area contributed by atoms with Crippen LogP contribution in [-0.2, 0) is 11.3 Å². The number of rotatable bonds is 7. The molecule has 0 aliphatic carbocycles. The van der Waals surface area contributed by atoms with Crippen molar-refractivity contribution >= 4 is 5.97 Å². The van der Waals surface area contributed by atoms with Crippen LogP contribution in [0.2, 0.25) is 0 Å². The van der Waals surface area contributed by atoms with Crippen molar-refractivity contribution in [3.8, 4) is 11.5 Å². The third kappa shape index (κ3) is 3.61. The molecule has 5 nitrogen and oxygen atoms in total. The molecule has 0 aliphatic rings. The fraction of sp³-hybridized carbons (Fsp3) is 0.500. The molecule has 0 saturated heterocycles. The highest BCUT2D eigenvalue weighted by molar-refractivity contribution is 5.78. The van der Waals surface area contributed by atoms with Crippen LogP contribution in [0.1, 0.15) is 25.8 Å². The Morgan fingerprint density at radius 1 is 1.32 bits per heavy atom. The third-order valence-electron chi connectivity index (χ3n) is 3.31. The topological polar surface area (TPSA) is 67.8 Å². The summed E-state index contributed by atoms with van der Waals surface area (Å²) in [6.07, 6.45) is 0.510. The van der Waals surface area contributed by atoms with Gasteiger partial charge in [0.2, 0.25) is 0 Å². The molecule has 0 saturated carbocycles. The summed E-state index contributed by atoms with van der Waals surface area (Å²) < 4.78 is 10.4. The van der Waals surface area contributed by atoms with E-state index in [1.807, 2.05) is 19.1 Å². The molecule has 1 aromatic rings. The zero-order valence-corrected chi connectivity index (χ0v) is 11.8. The molecule has 1 atom stereocenters. The van der Waals surface area contributed by atoms with Gasteiger partial charge in [-0.25, -0.2) is 0 Å². The number of hydrogen-bond acceptors (Lipinski definition) is 4. The lowest BCUT2D eigenvalue weighted by Crippen LogP contribution is -2.48. The van der Waals surface area contributed by atoms with Crippen LogP contribution in [0.4, 0.5) is 0 Å². The summed E-state index contributed by atoms with van der Waals surface area (Å²) in [6.45, 7) is 3.98. The van der Waals surface area contributed by atoms with E-state index in [1.54, 1.807) is 27.2 Å². The van der Waals surface area contributed by atoms with Crippen LogP contribution in [0, 0.1) is 0 Å². The highest BCUT2D eigenvalue weighted by Gasteiger charge is 2.30. The van der Waals surface area contributed by atoms with Gasteiger partial charge in [-0.3, -0.25) is 10.1 Å². The summed E-state index contributed by atoms with van der Waals surface area (Å²) in [4.78, 5) is 11.2. The molecule has 1 rings (SSSR count). The van der Waals surface area contributed by atoms with E-state index < -0.39 is 11.5 Å². The van der Waals surface area contributed by atoms with Crippen molar-refractivity contribution in [1.82, 2.24) is 5.32 Å². The molecule has 0 amide bonds. The van der Waals surface area contributed by atoms with Crippen molar-refractivity contribution in [2.45, 2.75) is 32.4 Å². The second kappa shape index (κ2) is 6.43. The second-order valence-corrected chi connectivity index (χ2v) is 4.53. The summed E-state index contributed by atoms with van der Waals surface area (Å²) in [5, 5.41) is 12.2. The van der Waals surface area contributed by atoms with E-state index in [0.717, 1.165) is 5.56 Å². The molecule has 0 bridgehead atoms. The van der Waals surface area contributed by atoms with Crippen molar-refractivity contribution in [2.75, 3.05) is 14.2 Å². The standard InChI is InChI=1S/C14H21NO4/c1-5-14(2,13(16)17)15-9-10-6-7-11(18-3)12(8-10)19-4/h6-8,15H,5,9H2,1-4H3,(H,16,17). The molecule has 106 valence electrons. The lowest BCUT2D eigenvalue weighted by molar-refractivity contribution is -0.144. The van der Waals surface area contributed by atoms with E-state index in [-0.39, 0.29) is 0 Å². The fourth-order valence-corrected chi connectivity index (χ4v) is 1.64. The number of carboxylic acids is 1. The Morgan fingerprint density at radius 2 is 1.95 bits per heavy atom. The number of aliphatic carboxylic acids is 1. The SMILES string of the molecule is CCC(C)(NCc1ccc(OC)c(OC)c1)C(=O)O. The smallest absolute Gasteiger partial charge is 0.323 e. The molecule has 2 N–H and O–H groups in total. The molecule has 0 aliphatic heterocycles. The molecule has 0 spiro atoms. The number of nitrogens with one attached hydrogen (secondary N) is 1. The molecule has 0 aromatic heterocycles. The first-order valence-electron chi connectivity index (χ1n) is 6.16. The van der Waals surface area contributed by atoms with E-state index in [0.29, 0.717) is 24.5 Å². The first-order chi connectivity index (χ1) is 8.96. The largest absolute Gasteiger partial charge is 0.493 e. The van der Waals surface area contributed by atoms with Crippen LogP contribution in [-0.4, -0.2) is 30.8 Å². The van der Waals surface area contributed by atoms with Gasteiger partial charge >= 0.3 is 5.97 Å². The molecule has 1 unspecified atom stereocenters. The minimum atomic E-state index is -0.923. The molecule has 0 radical (unpaired) electrons. The van der Waals surface area contributed by atoms with Gasteiger partial charge in [0.15, 0.2) is 11.5 Å². The van der Waals surface area contributed by atoms with E-state index >= 15 is 0 Å². The highest BCUT2D eigenvalue weighted by atomic mass is 16.5. The third-order valence-corrected chi connectivity index (χ3v) is 3.31. The average molecular weight is 267 g/mol. The zero-order chi connectivity index (χ0) is 14.5. The van der Waals surface area contributed by atoms with Crippen LogP contribution in [0.15, 0.2) is 18.2 Å². The average Bonchev–Trinajstić information content (AvgIpc) is 2.43. The molecular weight excluding hydrogens is 246 g/mol. The van der Waals surface area contributed by atoms with Gasteiger partial charge in [-0.1, -0.05) is 13.0 Å². The van der Waals surface area contributed by atoms with E-state index in [1.165, 1.54) is 0 Å². The Morgan fingerprint density at radius 3 is 2.42 bits per heavy atom. The number of hydrogen-bond donors (Lipinski definition) is 2. The Labute approximate surface area is 113 Å². The molecule has 0 fully saturated rings. The molecule has 1 aromatic carbocycles. The summed E-state index contributed by atoms with van der Waals surface area (Å²) in [5.41, 5.74) is 0.0197. The number of benzene rings is 1. The van der Waals surface area contributed by atoms with Gasteiger partial charge in [0.05, 0.1) is 14.2 Å². The molecule has 5 heteroatoms. The van der Waals surface area contributed by atoms with E-state index in [2.05, 4.69) is 5.32 Å². The van der Waals surface area contributed by atoms with Gasteiger partial charge in [0, 0.05) is 6.54 Å². The second-order valence-electron chi connectivity index (χ2n) is 4.53. The molecular formula is C14H21NO4. The van der Waals surface area contributed by atoms with Crippen LogP contribution >= 0.6 is 0 Å². The Bertz CT molecular complexity index is 447. The van der Waals surface area contributed by atoms with Gasteiger partial charge < -0.3 is 14.6 Å². The summed E-state index contributed by atoms with van der Waals surface area (Å²) in [7, 11) is 3.15. The first-order valence-corrected chi connectivity index (χ1v) is 6.16. The lowest BCUT2D eigenvalue weighted by Gasteiger charge is -2.24. The predicted octanol–water partition coefficient (Wildman–Crippen LogP) is 2.05. The number of methoxy groups -OCH3 is 2. The van der Waals surface area contributed by atoms with Gasteiger partial charge in [0.1, 0.15) is 5.54 Å². The van der Waals surface area contributed by atoms with Crippen LogP contribution < -0.4 is 14.8 Å². The van der Waals surface area contributed by atoms with Crippen LogP contribution in [0.5, 0.6) is 11.5 Å². The van der Waals surface area contributed by atoms with Gasteiger partial charge in [-0.15, -0.1) is 0 Å². The van der Waals surface area contributed by atoms with Crippen molar-refractivity contribution in [3.05, 3.63) is 23.8 Å². The summed E-state index contributed by atoms with van der Waals surface area (Å²) in [6, 6.07) is 5.52. The van der Waals surface area contributed by atoms with Crippen LogP contribution in [0.25, 0.3) is 0 Å². The summed E-state index contributed by atoms with van der Waals surface area (Å²) in [5.74, 6) is 0.438. The van der Waals surface area contributed by atoms with Crippen molar-refractivity contribution in [1.29, 1.82) is 0 Å².